The third-order valence-electron chi connectivity index (χ3n) is 5.53. The number of H-pyrrole nitrogens is 1. The summed E-state index contributed by atoms with van der Waals surface area (Å²) in [7, 11) is 1.66. The highest BCUT2D eigenvalue weighted by molar-refractivity contribution is 5.76. The van der Waals surface area contributed by atoms with Gasteiger partial charge in [-0.25, -0.2) is 4.98 Å². The summed E-state index contributed by atoms with van der Waals surface area (Å²) in [4.78, 5) is 35.1. The summed E-state index contributed by atoms with van der Waals surface area (Å²) in [5, 5.41) is 6.89. The molecule has 4 rings (SSSR count). The van der Waals surface area contributed by atoms with Gasteiger partial charge in [0.25, 0.3) is 6.47 Å². The Balaban J connectivity index is 0.000000913. The number of pyridine rings is 1. The average Bonchev–Trinajstić information content (AvgIpc) is 3.31. The molecule has 32 heavy (non-hydrogen) atoms. The van der Waals surface area contributed by atoms with Gasteiger partial charge in [-0.2, -0.15) is 0 Å². The van der Waals surface area contributed by atoms with Gasteiger partial charge >= 0.3 is 0 Å². The summed E-state index contributed by atoms with van der Waals surface area (Å²) in [6.07, 6.45) is 8.80. The molecule has 0 saturated heterocycles. The van der Waals surface area contributed by atoms with E-state index in [9.17, 15) is 4.79 Å². The number of nitrogens with zero attached hydrogens (tertiary/aromatic N) is 3. The number of amides is 1. The van der Waals surface area contributed by atoms with Crippen molar-refractivity contribution in [2.75, 3.05) is 13.7 Å². The third kappa shape index (κ3) is 5.94. The van der Waals surface area contributed by atoms with Crippen molar-refractivity contribution in [3.05, 3.63) is 77.6 Å². The predicted octanol–water partition coefficient (Wildman–Crippen LogP) is 3.40. The first-order valence-corrected chi connectivity index (χ1v) is 10.6. The van der Waals surface area contributed by atoms with Crippen LogP contribution in [0.3, 0.4) is 0 Å². The summed E-state index contributed by atoms with van der Waals surface area (Å²) in [6.45, 7) is 1.01. The van der Waals surface area contributed by atoms with Crippen molar-refractivity contribution >= 4 is 12.4 Å². The highest BCUT2D eigenvalue weighted by Gasteiger charge is 2.31. The second kappa shape index (κ2) is 11.6. The minimum Gasteiger partial charge on any atom is -0.497 e. The normalized spacial score (nSPS) is 14.7. The Morgan fingerprint density at radius 1 is 1.28 bits per heavy atom. The molecule has 1 unspecified atom stereocenters. The van der Waals surface area contributed by atoms with E-state index >= 15 is 0 Å². The molecule has 2 N–H and O–H groups in total. The summed E-state index contributed by atoms with van der Waals surface area (Å²) in [5.74, 6) is 1.11. The van der Waals surface area contributed by atoms with Crippen LogP contribution >= 0.6 is 0 Å². The molecule has 0 fully saturated rings. The molecule has 0 aliphatic carbocycles. The molecule has 168 valence electrons. The molecule has 1 aliphatic rings. The number of imidazole rings is 1. The molecule has 0 saturated carbocycles. The van der Waals surface area contributed by atoms with Crippen molar-refractivity contribution in [2.24, 2.45) is 0 Å². The smallest absolute Gasteiger partial charge is 0.290 e. The highest BCUT2D eigenvalue weighted by atomic mass is 16.5. The number of hydrogen-bond acceptors (Lipinski definition) is 5. The van der Waals surface area contributed by atoms with Crippen LogP contribution in [0.5, 0.6) is 5.75 Å². The van der Waals surface area contributed by atoms with Gasteiger partial charge in [0, 0.05) is 31.3 Å². The Morgan fingerprint density at radius 3 is 2.75 bits per heavy atom. The van der Waals surface area contributed by atoms with Gasteiger partial charge in [0.05, 0.1) is 31.4 Å². The molecule has 0 radical (unpaired) electrons. The van der Waals surface area contributed by atoms with Crippen LogP contribution in [0.15, 0.2) is 55.1 Å². The van der Waals surface area contributed by atoms with Crippen molar-refractivity contribution in [2.45, 2.75) is 38.1 Å². The van der Waals surface area contributed by atoms with Gasteiger partial charge in [-0.1, -0.05) is 18.2 Å². The molecule has 0 spiro atoms. The van der Waals surface area contributed by atoms with Crippen LogP contribution in [0, 0.1) is 0 Å². The first kappa shape index (κ1) is 23.0. The van der Waals surface area contributed by atoms with Crippen LogP contribution < -0.4 is 4.74 Å². The molecule has 0 bridgehead atoms. The van der Waals surface area contributed by atoms with Gasteiger partial charge in [0.1, 0.15) is 5.75 Å². The van der Waals surface area contributed by atoms with Gasteiger partial charge in [0.15, 0.2) is 0 Å². The maximum atomic E-state index is 12.9. The number of aryl methyl sites for hydroxylation is 1. The number of aromatic amines is 1. The number of nitrogens with one attached hydrogen (secondary N) is 1. The van der Waals surface area contributed by atoms with Crippen LogP contribution in [-0.2, 0) is 22.6 Å². The second-order valence-electron chi connectivity index (χ2n) is 7.54. The van der Waals surface area contributed by atoms with Crippen LogP contribution in [0.2, 0.25) is 0 Å². The lowest BCUT2D eigenvalue weighted by atomic mass is 9.90. The molecule has 3 heterocycles. The first-order chi connectivity index (χ1) is 15.7. The van der Waals surface area contributed by atoms with Crippen LogP contribution in [0.25, 0.3) is 0 Å². The zero-order chi connectivity index (χ0) is 22.8. The van der Waals surface area contributed by atoms with Crippen LogP contribution in [0.1, 0.15) is 47.7 Å². The lowest BCUT2D eigenvalue weighted by molar-refractivity contribution is -0.132. The molecule has 1 aliphatic heterocycles. The van der Waals surface area contributed by atoms with E-state index in [1.807, 2.05) is 29.3 Å². The fourth-order valence-corrected chi connectivity index (χ4v) is 3.92. The van der Waals surface area contributed by atoms with Crippen LogP contribution in [0.4, 0.5) is 0 Å². The number of aromatic nitrogens is 3. The predicted molar refractivity (Wildman–Crippen MR) is 119 cm³/mol. The monoisotopic (exact) mass is 436 g/mol. The van der Waals surface area contributed by atoms with Crippen molar-refractivity contribution in [3.8, 4) is 5.75 Å². The third-order valence-corrected chi connectivity index (χ3v) is 5.53. The molecule has 8 nitrogen and oxygen atoms in total. The van der Waals surface area contributed by atoms with Crippen molar-refractivity contribution in [1.29, 1.82) is 0 Å². The number of fused-ring (bicyclic) bond motifs is 1. The average molecular weight is 437 g/mol. The molecule has 1 aromatic carbocycles. The summed E-state index contributed by atoms with van der Waals surface area (Å²) in [6, 6.07) is 12.1. The van der Waals surface area contributed by atoms with E-state index in [-0.39, 0.29) is 18.3 Å². The topological polar surface area (TPSA) is 108 Å². The number of benzene rings is 1. The Morgan fingerprint density at radius 2 is 2.06 bits per heavy atom. The second-order valence-corrected chi connectivity index (χ2v) is 7.54. The number of ether oxygens (including phenoxy) is 1. The Hall–Kier alpha value is -3.68. The van der Waals surface area contributed by atoms with Gasteiger partial charge in [-0.05, 0) is 48.6 Å². The van der Waals surface area contributed by atoms with E-state index in [2.05, 4.69) is 33.2 Å². The zero-order valence-electron chi connectivity index (χ0n) is 18.1. The number of carboxylic acid groups (broad SMARTS) is 1. The minimum atomic E-state index is -0.250. The summed E-state index contributed by atoms with van der Waals surface area (Å²) < 4.78 is 5.27. The zero-order valence-corrected chi connectivity index (χ0v) is 18.1. The summed E-state index contributed by atoms with van der Waals surface area (Å²) in [5.41, 5.74) is 4.43. The van der Waals surface area contributed by atoms with Crippen molar-refractivity contribution < 1.29 is 19.4 Å². The number of carbonyl (C=O) groups excluding carboxylic acids is 1. The maximum absolute atomic E-state index is 12.9. The quantitative estimate of drug-likeness (QED) is 0.434. The molecule has 1 atom stereocenters. The Labute approximate surface area is 187 Å². The van der Waals surface area contributed by atoms with E-state index in [1.54, 1.807) is 19.6 Å². The summed E-state index contributed by atoms with van der Waals surface area (Å²) >= 11 is 0. The van der Waals surface area contributed by atoms with Gasteiger partial charge in [0.2, 0.25) is 5.91 Å². The van der Waals surface area contributed by atoms with E-state index in [4.69, 9.17) is 14.6 Å². The largest absolute Gasteiger partial charge is 0.497 e. The SMILES string of the molecule is COc1ccc(C2CN(C(=O)CCCCc3cccnc3)Cc3[nH]cnc32)cc1.O=CO. The number of carbonyl (C=O) groups is 2. The lowest BCUT2D eigenvalue weighted by Crippen LogP contribution is -2.38. The number of methoxy groups -OCH3 is 1. The maximum Gasteiger partial charge on any atom is 0.290 e. The molecule has 1 amide bonds. The first-order valence-electron chi connectivity index (χ1n) is 10.6. The van der Waals surface area contributed by atoms with Crippen molar-refractivity contribution in [1.82, 2.24) is 19.9 Å². The number of unbranched alkanes of at least 4 members (excludes halogenated alkanes) is 1. The Bertz CT molecular complexity index is 989. The fraction of sp³-hybridized carbons (Fsp3) is 0.333. The number of rotatable bonds is 7. The molecular weight excluding hydrogens is 408 g/mol. The standard InChI is InChI=1S/C23H26N4O2.CH2O2/c1-29-19-10-8-18(9-11-19)20-14-27(15-21-23(20)26-16-25-21)22(28)7-3-2-5-17-6-4-12-24-13-17;2-1-3/h4,6,8-13,16,20H,2-3,5,7,14-15H2,1H3,(H,25,26);1H,(H,2,3). The minimum absolute atomic E-state index is 0.0789. The molecule has 2 aromatic heterocycles. The van der Waals surface area contributed by atoms with E-state index in [1.165, 1.54) is 5.56 Å². The van der Waals surface area contributed by atoms with Gasteiger partial charge in [-0.15, -0.1) is 0 Å². The van der Waals surface area contributed by atoms with E-state index in [0.717, 1.165) is 42.0 Å². The van der Waals surface area contributed by atoms with E-state index in [0.29, 0.717) is 19.5 Å². The van der Waals surface area contributed by atoms with Gasteiger partial charge < -0.3 is 19.7 Å². The molecular formula is C24H28N4O4. The lowest BCUT2D eigenvalue weighted by Gasteiger charge is -2.32. The highest BCUT2D eigenvalue weighted by Crippen LogP contribution is 2.32. The number of hydrogen-bond donors (Lipinski definition) is 2. The van der Waals surface area contributed by atoms with Crippen molar-refractivity contribution in [3.63, 3.8) is 0 Å². The Kier molecular flexibility index (Phi) is 8.36. The molecule has 3 aromatic rings. The fourth-order valence-electron chi connectivity index (χ4n) is 3.92. The molecule has 8 heteroatoms. The van der Waals surface area contributed by atoms with Crippen LogP contribution in [-0.4, -0.2) is 51.0 Å². The van der Waals surface area contributed by atoms with E-state index < -0.39 is 0 Å². The van der Waals surface area contributed by atoms with Gasteiger partial charge in [-0.3, -0.25) is 14.6 Å².